The van der Waals surface area contributed by atoms with Gasteiger partial charge in [-0.3, -0.25) is 0 Å². The summed E-state index contributed by atoms with van der Waals surface area (Å²) in [4.78, 5) is 6.69. The molecule has 0 aliphatic rings. The van der Waals surface area contributed by atoms with E-state index < -0.39 is 0 Å². The van der Waals surface area contributed by atoms with Gasteiger partial charge < -0.3 is 9.97 Å². The molecule has 0 spiro atoms. The van der Waals surface area contributed by atoms with Gasteiger partial charge in [-0.25, -0.2) is 0 Å². The molecule has 2 heteroatoms. The minimum atomic E-state index is 1.19. The van der Waals surface area contributed by atoms with Crippen LogP contribution >= 0.6 is 0 Å². The van der Waals surface area contributed by atoms with E-state index in [4.69, 9.17) is 0 Å². The molecule has 2 N–H and O–H groups in total. The topological polar surface area (TPSA) is 31.6 Å². The van der Waals surface area contributed by atoms with Gasteiger partial charge in [-0.15, -0.1) is 0 Å². The SMILES string of the molecule is Cc1c[nH]c(C=Cc2[nH]c(C)c(C)c2C)c1C. The highest BCUT2D eigenvalue weighted by Gasteiger charge is 2.05. The van der Waals surface area contributed by atoms with E-state index in [1.54, 1.807) is 0 Å². The molecule has 0 bridgehead atoms. The summed E-state index contributed by atoms with van der Waals surface area (Å²) in [6.45, 7) is 10.7. The maximum Gasteiger partial charge on any atom is 0.0415 e. The van der Waals surface area contributed by atoms with E-state index in [0.29, 0.717) is 0 Å². The summed E-state index contributed by atoms with van der Waals surface area (Å²) in [5.41, 5.74) is 8.95. The summed E-state index contributed by atoms with van der Waals surface area (Å²) in [7, 11) is 0. The lowest BCUT2D eigenvalue weighted by molar-refractivity contribution is 1.22. The Morgan fingerprint density at radius 1 is 0.824 bits per heavy atom. The Morgan fingerprint density at radius 3 is 1.94 bits per heavy atom. The van der Waals surface area contributed by atoms with Crippen molar-refractivity contribution in [2.45, 2.75) is 34.6 Å². The molecule has 2 aromatic rings. The van der Waals surface area contributed by atoms with Gasteiger partial charge in [-0.05, 0) is 69.0 Å². The molecule has 2 rings (SSSR count). The summed E-state index contributed by atoms with van der Waals surface area (Å²) in [5.74, 6) is 0. The number of hydrogen-bond donors (Lipinski definition) is 2. The number of aromatic amines is 2. The van der Waals surface area contributed by atoms with Crippen molar-refractivity contribution < 1.29 is 0 Å². The zero-order valence-electron chi connectivity index (χ0n) is 11.2. The molecule has 17 heavy (non-hydrogen) atoms. The molecule has 0 amide bonds. The minimum Gasteiger partial charge on any atom is -0.361 e. The molecule has 2 heterocycles. The van der Waals surface area contributed by atoms with E-state index in [1.807, 2.05) is 6.20 Å². The maximum atomic E-state index is 3.41. The van der Waals surface area contributed by atoms with Crippen molar-refractivity contribution in [2.24, 2.45) is 0 Å². The zero-order chi connectivity index (χ0) is 12.6. The van der Waals surface area contributed by atoms with Crippen LogP contribution in [0.2, 0.25) is 0 Å². The lowest BCUT2D eigenvalue weighted by atomic mass is 10.1. The fraction of sp³-hybridized carbons (Fsp3) is 0.333. The Bertz CT molecular complexity index is 568. The standard InChI is InChI=1S/C15H20N2/c1-9-8-16-14(10(9)2)6-7-15-12(4)11(3)13(5)17-15/h6-8,16-17H,1-5H3. The number of aromatic nitrogens is 2. The van der Waals surface area contributed by atoms with Crippen molar-refractivity contribution in [1.82, 2.24) is 9.97 Å². The van der Waals surface area contributed by atoms with Crippen LogP contribution in [0.3, 0.4) is 0 Å². The second-order valence-electron chi connectivity index (χ2n) is 4.76. The number of H-pyrrole nitrogens is 2. The summed E-state index contributed by atoms with van der Waals surface area (Å²) in [6.07, 6.45) is 6.33. The van der Waals surface area contributed by atoms with Gasteiger partial charge in [0, 0.05) is 23.3 Å². The Labute approximate surface area is 103 Å². The zero-order valence-corrected chi connectivity index (χ0v) is 11.2. The van der Waals surface area contributed by atoms with Crippen molar-refractivity contribution in [3.05, 3.63) is 45.5 Å². The van der Waals surface area contributed by atoms with Crippen LogP contribution < -0.4 is 0 Å². The lowest BCUT2D eigenvalue weighted by Gasteiger charge is -1.94. The van der Waals surface area contributed by atoms with Gasteiger partial charge in [0.1, 0.15) is 0 Å². The molecule has 0 unspecified atom stereocenters. The van der Waals surface area contributed by atoms with Crippen molar-refractivity contribution >= 4 is 12.2 Å². The van der Waals surface area contributed by atoms with Gasteiger partial charge in [-0.2, -0.15) is 0 Å². The Kier molecular flexibility index (Phi) is 2.97. The molecule has 0 saturated carbocycles. The predicted octanol–water partition coefficient (Wildman–Crippen LogP) is 4.06. The first-order valence-electron chi connectivity index (χ1n) is 5.99. The number of nitrogens with one attached hydrogen (secondary N) is 2. The molecule has 2 aromatic heterocycles. The second kappa shape index (κ2) is 4.28. The molecule has 0 fully saturated rings. The van der Waals surface area contributed by atoms with Crippen LogP contribution in [0.1, 0.15) is 39.3 Å². The van der Waals surface area contributed by atoms with E-state index in [2.05, 4.69) is 56.7 Å². The van der Waals surface area contributed by atoms with E-state index in [-0.39, 0.29) is 0 Å². The van der Waals surface area contributed by atoms with Gasteiger partial charge >= 0.3 is 0 Å². The van der Waals surface area contributed by atoms with Crippen LogP contribution in [0.15, 0.2) is 6.20 Å². The molecular weight excluding hydrogens is 208 g/mol. The first kappa shape index (κ1) is 11.8. The molecular formula is C15H20N2. The van der Waals surface area contributed by atoms with Gasteiger partial charge in [-0.1, -0.05) is 0 Å². The molecule has 0 atom stereocenters. The van der Waals surface area contributed by atoms with Crippen LogP contribution in [0, 0.1) is 34.6 Å². The van der Waals surface area contributed by atoms with E-state index in [1.165, 1.54) is 39.3 Å². The van der Waals surface area contributed by atoms with Crippen molar-refractivity contribution in [1.29, 1.82) is 0 Å². The average molecular weight is 228 g/mol. The summed E-state index contributed by atoms with van der Waals surface area (Å²) in [5, 5.41) is 0. The summed E-state index contributed by atoms with van der Waals surface area (Å²) >= 11 is 0. The van der Waals surface area contributed by atoms with Crippen molar-refractivity contribution in [3.63, 3.8) is 0 Å². The van der Waals surface area contributed by atoms with E-state index in [0.717, 1.165) is 0 Å². The Morgan fingerprint density at radius 2 is 1.47 bits per heavy atom. The lowest BCUT2D eigenvalue weighted by Crippen LogP contribution is -1.79. The third-order valence-corrected chi connectivity index (χ3v) is 3.71. The van der Waals surface area contributed by atoms with Gasteiger partial charge in [0.15, 0.2) is 0 Å². The van der Waals surface area contributed by atoms with Gasteiger partial charge in [0.2, 0.25) is 0 Å². The van der Waals surface area contributed by atoms with Crippen LogP contribution in [-0.4, -0.2) is 9.97 Å². The van der Waals surface area contributed by atoms with Crippen LogP contribution in [0.5, 0.6) is 0 Å². The van der Waals surface area contributed by atoms with Gasteiger partial charge in [0.05, 0.1) is 0 Å². The highest BCUT2D eigenvalue weighted by atomic mass is 14.7. The predicted molar refractivity (Wildman–Crippen MR) is 74.2 cm³/mol. The third kappa shape index (κ3) is 2.07. The number of aryl methyl sites for hydroxylation is 2. The molecule has 0 saturated heterocycles. The first-order valence-corrected chi connectivity index (χ1v) is 5.99. The third-order valence-electron chi connectivity index (χ3n) is 3.71. The molecule has 0 aliphatic heterocycles. The Hall–Kier alpha value is -1.70. The van der Waals surface area contributed by atoms with Crippen LogP contribution in [0.4, 0.5) is 0 Å². The normalized spacial score (nSPS) is 11.6. The summed E-state index contributed by atoms with van der Waals surface area (Å²) in [6, 6.07) is 0. The maximum absolute atomic E-state index is 3.41. The van der Waals surface area contributed by atoms with Crippen molar-refractivity contribution in [3.8, 4) is 0 Å². The van der Waals surface area contributed by atoms with Gasteiger partial charge in [0.25, 0.3) is 0 Å². The van der Waals surface area contributed by atoms with Crippen molar-refractivity contribution in [2.75, 3.05) is 0 Å². The smallest absolute Gasteiger partial charge is 0.0415 e. The molecule has 0 aliphatic carbocycles. The molecule has 2 nitrogen and oxygen atoms in total. The quantitative estimate of drug-likeness (QED) is 0.777. The summed E-state index contributed by atoms with van der Waals surface area (Å²) < 4.78 is 0. The molecule has 0 aromatic carbocycles. The second-order valence-corrected chi connectivity index (χ2v) is 4.76. The van der Waals surface area contributed by atoms with Crippen LogP contribution in [0.25, 0.3) is 12.2 Å². The number of rotatable bonds is 2. The fourth-order valence-electron chi connectivity index (χ4n) is 1.99. The molecule has 0 radical (unpaired) electrons. The highest BCUT2D eigenvalue weighted by Crippen LogP contribution is 2.19. The first-order chi connectivity index (χ1) is 8.00. The highest BCUT2D eigenvalue weighted by molar-refractivity contribution is 5.70. The van der Waals surface area contributed by atoms with Crippen LogP contribution in [-0.2, 0) is 0 Å². The van der Waals surface area contributed by atoms with E-state index in [9.17, 15) is 0 Å². The monoisotopic (exact) mass is 228 g/mol. The average Bonchev–Trinajstić information content (AvgIpc) is 2.74. The minimum absolute atomic E-state index is 1.19. The van der Waals surface area contributed by atoms with E-state index >= 15 is 0 Å². The Balaban J connectivity index is 2.32. The number of hydrogen-bond acceptors (Lipinski definition) is 0. The largest absolute Gasteiger partial charge is 0.361 e. The fourth-order valence-corrected chi connectivity index (χ4v) is 1.99. The molecule has 90 valence electrons.